The van der Waals surface area contributed by atoms with Gasteiger partial charge in [-0.3, -0.25) is 0 Å². The lowest BCUT2D eigenvalue weighted by Gasteiger charge is -2.23. The van der Waals surface area contributed by atoms with Gasteiger partial charge in [-0.25, -0.2) is 0 Å². The molecule has 2 rings (SSSR count). The van der Waals surface area contributed by atoms with E-state index in [1.165, 1.54) is 18.4 Å². The van der Waals surface area contributed by atoms with Gasteiger partial charge >= 0.3 is 0 Å². The van der Waals surface area contributed by atoms with Crippen molar-refractivity contribution in [2.24, 2.45) is 5.92 Å². The molecule has 0 spiro atoms. The molecule has 88 valence electrons. The van der Waals surface area contributed by atoms with Crippen molar-refractivity contribution < 1.29 is 4.74 Å². The number of piperidine rings is 1. The third kappa shape index (κ3) is 2.99. The van der Waals surface area contributed by atoms with Gasteiger partial charge in [0, 0.05) is 0 Å². The molecule has 1 aliphatic rings. The van der Waals surface area contributed by atoms with Crippen LogP contribution in [0.5, 0.6) is 5.75 Å². The van der Waals surface area contributed by atoms with E-state index in [1.54, 1.807) is 0 Å². The maximum Gasteiger partial charge on any atom is 0.122 e. The summed E-state index contributed by atoms with van der Waals surface area (Å²) in [6.07, 6.45) is 3.53. The summed E-state index contributed by atoms with van der Waals surface area (Å²) in [6.45, 7) is 5.33. The van der Waals surface area contributed by atoms with Gasteiger partial charge in [0.2, 0.25) is 0 Å². The first-order valence-electron chi connectivity index (χ1n) is 6.31. The summed E-state index contributed by atoms with van der Waals surface area (Å²) >= 11 is 0. The van der Waals surface area contributed by atoms with E-state index in [1.807, 2.05) is 0 Å². The molecule has 0 aliphatic carbocycles. The Balaban J connectivity index is 1.88. The zero-order valence-corrected chi connectivity index (χ0v) is 10.0. The second-order valence-corrected chi connectivity index (χ2v) is 4.47. The van der Waals surface area contributed by atoms with E-state index < -0.39 is 0 Å². The molecule has 0 aromatic heterocycles. The van der Waals surface area contributed by atoms with Crippen LogP contribution in [0, 0.1) is 5.92 Å². The molecule has 0 saturated carbocycles. The molecule has 0 bridgehead atoms. The van der Waals surface area contributed by atoms with Gasteiger partial charge in [0.15, 0.2) is 0 Å². The van der Waals surface area contributed by atoms with Gasteiger partial charge in [-0.05, 0) is 49.9 Å². The molecular weight excluding hydrogens is 198 g/mol. The van der Waals surface area contributed by atoms with Gasteiger partial charge in [-0.2, -0.15) is 0 Å². The van der Waals surface area contributed by atoms with Crippen LogP contribution in [0.15, 0.2) is 24.3 Å². The van der Waals surface area contributed by atoms with Crippen molar-refractivity contribution in [2.75, 3.05) is 19.7 Å². The fourth-order valence-corrected chi connectivity index (χ4v) is 2.19. The number of ether oxygens (including phenoxy) is 1. The Labute approximate surface area is 98.0 Å². The number of benzene rings is 1. The molecule has 1 aromatic carbocycles. The first kappa shape index (κ1) is 11.5. The van der Waals surface area contributed by atoms with E-state index in [4.69, 9.17) is 4.74 Å². The van der Waals surface area contributed by atoms with Crippen LogP contribution < -0.4 is 10.1 Å². The van der Waals surface area contributed by atoms with Crippen LogP contribution in [0.25, 0.3) is 0 Å². The van der Waals surface area contributed by atoms with Crippen LogP contribution in [0.3, 0.4) is 0 Å². The molecule has 1 fully saturated rings. The normalized spacial score (nSPS) is 17.3. The molecule has 16 heavy (non-hydrogen) atoms. The van der Waals surface area contributed by atoms with Crippen LogP contribution in [0.2, 0.25) is 0 Å². The number of rotatable bonds is 4. The number of aryl methyl sites for hydroxylation is 1. The van der Waals surface area contributed by atoms with Crippen molar-refractivity contribution in [1.82, 2.24) is 5.32 Å². The fraction of sp³-hybridized carbons (Fsp3) is 0.571. The number of hydrogen-bond acceptors (Lipinski definition) is 2. The summed E-state index contributed by atoms with van der Waals surface area (Å²) in [5, 5.41) is 3.38. The highest BCUT2D eigenvalue weighted by Crippen LogP contribution is 2.20. The van der Waals surface area contributed by atoms with E-state index in [-0.39, 0.29) is 0 Å². The number of nitrogens with one attached hydrogen (secondary N) is 1. The second kappa shape index (κ2) is 5.90. The summed E-state index contributed by atoms with van der Waals surface area (Å²) in [4.78, 5) is 0. The Hall–Kier alpha value is -1.02. The van der Waals surface area contributed by atoms with Gasteiger partial charge in [-0.1, -0.05) is 25.1 Å². The molecule has 1 N–H and O–H groups in total. The third-order valence-corrected chi connectivity index (χ3v) is 3.29. The molecule has 1 aliphatic heterocycles. The highest BCUT2D eigenvalue weighted by atomic mass is 16.5. The van der Waals surface area contributed by atoms with Crippen LogP contribution in [0.1, 0.15) is 25.3 Å². The van der Waals surface area contributed by atoms with Crippen molar-refractivity contribution in [3.63, 3.8) is 0 Å². The summed E-state index contributed by atoms with van der Waals surface area (Å²) < 4.78 is 5.94. The smallest absolute Gasteiger partial charge is 0.122 e. The summed E-state index contributed by atoms with van der Waals surface area (Å²) in [7, 11) is 0. The summed E-state index contributed by atoms with van der Waals surface area (Å²) in [5.74, 6) is 1.80. The molecule has 0 radical (unpaired) electrons. The predicted molar refractivity (Wildman–Crippen MR) is 66.9 cm³/mol. The minimum absolute atomic E-state index is 0.728. The van der Waals surface area contributed by atoms with Crippen molar-refractivity contribution in [2.45, 2.75) is 26.2 Å². The Morgan fingerprint density at radius 2 is 2.00 bits per heavy atom. The van der Waals surface area contributed by atoms with Gasteiger partial charge in [0.05, 0.1) is 6.61 Å². The lowest BCUT2D eigenvalue weighted by molar-refractivity contribution is 0.214. The highest BCUT2D eigenvalue weighted by Gasteiger charge is 2.13. The van der Waals surface area contributed by atoms with E-state index >= 15 is 0 Å². The van der Waals surface area contributed by atoms with Gasteiger partial charge < -0.3 is 10.1 Å². The molecule has 0 atom stereocenters. The van der Waals surface area contributed by atoms with Crippen molar-refractivity contribution >= 4 is 0 Å². The highest BCUT2D eigenvalue weighted by molar-refractivity contribution is 5.33. The van der Waals surface area contributed by atoms with E-state index in [0.29, 0.717) is 0 Å². The molecular formula is C14H21NO. The third-order valence-electron chi connectivity index (χ3n) is 3.29. The Morgan fingerprint density at radius 1 is 1.25 bits per heavy atom. The average Bonchev–Trinajstić information content (AvgIpc) is 2.38. The maximum atomic E-state index is 5.94. The molecule has 0 amide bonds. The first-order valence-corrected chi connectivity index (χ1v) is 6.31. The Bertz CT molecular complexity index is 318. The monoisotopic (exact) mass is 219 g/mol. The Kier molecular flexibility index (Phi) is 4.23. The standard InChI is InChI=1S/C14H21NO/c1-2-13-5-3-4-6-14(13)16-11-12-7-9-15-10-8-12/h3-6,12,15H,2,7-11H2,1H3. The van der Waals surface area contributed by atoms with Gasteiger partial charge in [0.1, 0.15) is 5.75 Å². The van der Waals surface area contributed by atoms with E-state index in [9.17, 15) is 0 Å². The van der Waals surface area contributed by atoms with Crippen molar-refractivity contribution in [3.8, 4) is 5.75 Å². The van der Waals surface area contributed by atoms with E-state index in [0.717, 1.165) is 37.8 Å². The topological polar surface area (TPSA) is 21.3 Å². The van der Waals surface area contributed by atoms with Crippen molar-refractivity contribution in [3.05, 3.63) is 29.8 Å². The van der Waals surface area contributed by atoms with E-state index in [2.05, 4.69) is 36.5 Å². The van der Waals surface area contributed by atoms with Crippen LogP contribution >= 0.6 is 0 Å². The van der Waals surface area contributed by atoms with Crippen LogP contribution in [-0.2, 0) is 6.42 Å². The molecule has 1 aromatic rings. The Morgan fingerprint density at radius 3 is 2.75 bits per heavy atom. The SMILES string of the molecule is CCc1ccccc1OCC1CCNCC1. The van der Waals surface area contributed by atoms with Crippen LogP contribution in [0.4, 0.5) is 0 Å². The molecule has 0 unspecified atom stereocenters. The zero-order chi connectivity index (χ0) is 11.2. The quantitative estimate of drug-likeness (QED) is 0.840. The number of hydrogen-bond donors (Lipinski definition) is 1. The molecule has 2 heteroatoms. The van der Waals surface area contributed by atoms with Gasteiger partial charge in [-0.15, -0.1) is 0 Å². The average molecular weight is 219 g/mol. The maximum absolute atomic E-state index is 5.94. The minimum atomic E-state index is 0.728. The second-order valence-electron chi connectivity index (χ2n) is 4.47. The van der Waals surface area contributed by atoms with Crippen molar-refractivity contribution in [1.29, 1.82) is 0 Å². The molecule has 1 heterocycles. The van der Waals surface area contributed by atoms with Gasteiger partial charge in [0.25, 0.3) is 0 Å². The lowest BCUT2D eigenvalue weighted by atomic mass is 9.99. The minimum Gasteiger partial charge on any atom is -0.493 e. The fourth-order valence-electron chi connectivity index (χ4n) is 2.19. The van der Waals surface area contributed by atoms with Crippen LogP contribution in [-0.4, -0.2) is 19.7 Å². The molecule has 1 saturated heterocycles. The zero-order valence-electron chi connectivity index (χ0n) is 10.0. The number of para-hydroxylation sites is 1. The first-order chi connectivity index (χ1) is 7.90. The molecule has 2 nitrogen and oxygen atoms in total. The summed E-state index contributed by atoms with van der Waals surface area (Å²) in [5.41, 5.74) is 1.32. The lowest BCUT2D eigenvalue weighted by Crippen LogP contribution is -2.30. The summed E-state index contributed by atoms with van der Waals surface area (Å²) in [6, 6.07) is 8.37. The predicted octanol–water partition coefficient (Wildman–Crippen LogP) is 2.63. The largest absolute Gasteiger partial charge is 0.493 e.